The number of benzene rings is 2. The van der Waals surface area contributed by atoms with Gasteiger partial charge in [0.15, 0.2) is 0 Å². The summed E-state index contributed by atoms with van der Waals surface area (Å²) < 4.78 is 27.3. The third-order valence-corrected chi connectivity index (χ3v) is 6.91. The van der Waals surface area contributed by atoms with Gasteiger partial charge in [-0.3, -0.25) is 9.78 Å². The van der Waals surface area contributed by atoms with Crippen LogP contribution in [0.4, 0.5) is 5.69 Å². The van der Waals surface area contributed by atoms with Gasteiger partial charge in [-0.25, -0.2) is 8.42 Å². The van der Waals surface area contributed by atoms with E-state index in [0.717, 1.165) is 16.5 Å². The predicted octanol–water partition coefficient (Wildman–Crippen LogP) is 3.34. The number of hydrogen-bond acceptors (Lipinski definition) is 4. The van der Waals surface area contributed by atoms with Gasteiger partial charge in [-0.1, -0.05) is 35.9 Å². The van der Waals surface area contributed by atoms with Crippen molar-refractivity contribution in [1.82, 2.24) is 9.29 Å². The largest absolute Gasteiger partial charge is 0.323 e. The van der Waals surface area contributed by atoms with Crippen LogP contribution in [0.3, 0.4) is 0 Å². The number of anilines is 1. The van der Waals surface area contributed by atoms with Crippen molar-refractivity contribution >= 4 is 32.5 Å². The van der Waals surface area contributed by atoms with E-state index in [1.54, 1.807) is 30.5 Å². The van der Waals surface area contributed by atoms with Crippen LogP contribution in [-0.4, -0.2) is 36.2 Å². The molecule has 0 spiro atoms. The van der Waals surface area contributed by atoms with Crippen LogP contribution in [0, 0.1) is 6.92 Å². The van der Waals surface area contributed by atoms with Crippen LogP contribution in [0.1, 0.15) is 18.4 Å². The number of pyridine rings is 1. The van der Waals surface area contributed by atoms with Gasteiger partial charge in [-0.2, -0.15) is 4.31 Å². The Bertz CT molecular complexity index is 1130. The maximum atomic E-state index is 13.0. The first-order valence-corrected chi connectivity index (χ1v) is 10.6. The Labute approximate surface area is 164 Å². The average Bonchev–Trinajstić information content (AvgIpc) is 3.19. The van der Waals surface area contributed by atoms with E-state index in [1.165, 1.54) is 4.31 Å². The lowest BCUT2D eigenvalue weighted by Gasteiger charge is -2.23. The molecule has 1 atom stereocenters. The third-order valence-electron chi connectivity index (χ3n) is 4.99. The van der Waals surface area contributed by atoms with Gasteiger partial charge in [-0.15, -0.1) is 0 Å². The Balaban J connectivity index is 1.56. The molecule has 3 aromatic rings. The predicted molar refractivity (Wildman–Crippen MR) is 108 cm³/mol. The van der Waals surface area contributed by atoms with Gasteiger partial charge in [0.1, 0.15) is 6.04 Å². The maximum absolute atomic E-state index is 13.0. The van der Waals surface area contributed by atoms with Crippen molar-refractivity contribution < 1.29 is 13.2 Å². The molecule has 0 aliphatic carbocycles. The number of nitrogens with zero attached hydrogens (tertiary/aromatic N) is 2. The molecule has 1 aliphatic rings. The number of nitrogens with one attached hydrogen (secondary N) is 1. The highest BCUT2D eigenvalue weighted by molar-refractivity contribution is 7.89. The van der Waals surface area contributed by atoms with E-state index in [9.17, 15) is 13.2 Å². The molecule has 0 unspecified atom stereocenters. The topological polar surface area (TPSA) is 79.4 Å². The van der Waals surface area contributed by atoms with Crippen molar-refractivity contribution in [2.75, 3.05) is 11.9 Å². The minimum atomic E-state index is -3.72. The molecule has 0 saturated carbocycles. The smallest absolute Gasteiger partial charge is 0.243 e. The summed E-state index contributed by atoms with van der Waals surface area (Å²) in [4.78, 5) is 17.4. The van der Waals surface area contributed by atoms with Crippen LogP contribution in [0.2, 0.25) is 0 Å². The molecule has 1 saturated heterocycles. The second-order valence-corrected chi connectivity index (χ2v) is 8.88. The summed E-state index contributed by atoms with van der Waals surface area (Å²) in [6.45, 7) is 2.24. The minimum Gasteiger partial charge on any atom is -0.323 e. The standard InChI is InChI=1S/C21H21N3O3S/c1-15-8-10-18(11-9-15)28(26,27)24-12-4-7-20(24)21(25)23-17-13-16-5-2-3-6-19(16)22-14-17/h2-3,5-6,8-11,13-14,20H,4,7,12H2,1H3,(H,23,25)/t20-/m0/s1. The average molecular weight is 395 g/mol. The summed E-state index contributed by atoms with van der Waals surface area (Å²) in [5, 5.41) is 3.74. The quantitative estimate of drug-likeness (QED) is 0.735. The zero-order valence-electron chi connectivity index (χ0n) is 15.5. The summed E-state index contributed by atoms with van der Waals surface area (Å²) in [7, 11) is -3.72. The van der Waals surface area contributed by atoms with Crippen molar-refractivity contribution in [2.24, 2.45) is 0 Å². The molecular weight excluding hydrogens is 374 g/mol. The molecule has 1 fully saturated rings. The molecule has 4 rings (SSSR count). The molecule has 144 valence electrons. The maximum Gasteiger partial charge on any atom is 0.243 e. The highest BCUT2D eigenvalue weighted by atomic mass is 32.2. The second-order valence-electron chi connectivity index (χ2n) is 6.99. The fraction of sp³-hybridized carbons (Fsp3) is 0.238. The van der Waals surface area contributed by atoms with Crippen LogP contribution in [-0.2, 0) is 14.8 Å². The lowest BCUT2D eigenvalue weighted by atomic mass is 10.2. The number of amides is 1. The summed E-state index contributed by atoms with van der Waals surface area (Å²) in [6, 6.07) is 15.4. The fourth-order valence-electron chi connectivity index (χ4n) is 3.50. The molecule has 1 aliphatic heterocycles. The summed E-state index contributed by atoms with van der Waals surface area (Å²) >= 11 is 0. The molecule has 7 heteroatoms. The number of aryl methyl sites for hydroxylation is 1. The van der Waals surface area contributed by atoms with E-state index in [2.05, 4.69) is 10.3 Å². The monoisotopic (exact) mass is 395 g/mol. The lowest BCUT2D eigenvalue weighted by molar-refractivity contribution is -0.119. The van der Waals surface area contributed by atoms with E-state index in [-0.39, 0.29) is 10.8 Å². The second kappa shape index (κ2) is 7.33. The van der Waals surface area contributed by atoms with Crippen LogP contribution in [0.5, 0.6) is 0 Å². The van der Waals surface area contributed by atoms with Crippen molar-refractivity contribution in [3.8, 4) is 0 Å². The molecule has 1 N–H and O–H groups in total. The number of hydrogen-bond donors (Lipinski definition) is 1. The van der Waals surface area contributed by atoms with Gasteiger partial charge in [0, 0.05) is 11.9 Å². The van der Waals surface area contributed by atoms with Gasteiger partial charge in [0.2, 0.25) is 15.9 Å². The first kappa shape index (κ1) is 18.6. The van der Waals surface area contributed by atoms with E-state index in [1.807, 2.05) is 37.3 Å². The molecule has 1 amide bonds. The number of fused-ring (bicyclic) bond motifs is 1. The lowest BCUT2D eigenvalue weighted by Crippen LogP contribution is -2.43. The summed E-state index contributed by atoms with van der Waals surface area (Å²) in [6.07, 6.45) is 2.74. The molecule has 0 radical (unpaired) electrons. The van der Waals surface area contributed by atoms with Crippen LogP contribution in [0.25, 0.3) is 10.9 Å². The van der Waals surface area contributed by atoms with E-state index < -0.39 is 16.1 Å². The van der Waals surface area contributed by atoms with Gasteiger partial charge in [0.05, 0.1) is 22.3 Å². The van der Waals surface area contributed by atoms with E-state index in [4.69, 9.17) is 0 Å². The Kier molecular flexibility index (Phi) is 4.87. The highest BCUT2D eigenvalue weighted by Crippen LogP contribution is 2.27. The molecule has 2 heterocycles. The molecule has 0 bridgehead atoms. The van der Waals surface area contributed by atoms with Gasteiger partial charge in [-0.05, 0) is 44.0 Å². The number of carbonyl (C=O) groups excluding carboxylic acids is 1. The van der Waals surface area contributed by atoms with Crippen molar-refractivity contribution in [3.05, 3.63) is 66.4 Å². The number of sulfonamides is 1. The van der Waals surface area contributed by atoms with Crippen molar-refractivity contribution in [1.29, 1.82) is 0 Å². The first-order chi connectivity index (χ1) is 13.4. The SMILES string of the molecule is Cc1ccc(S(=O)(=O)N2CCC[C@H]2C(=O)Nc2cnc3ccccc3c2)cc1. The van der Waals surface area contributed by atoms with Crippen molar-refractivity contribution in [2.45, 2.75) is 30.7 Å². The molecular formula is C21H21N3O3S. The number of aromatic nitrogens is 1. The van der Waals surface area contributed by atoms with E-state index in [0.29, 0.717) is 25.1 Å². The zero-order chi connectivity index (χ0) is 19.7. The molecule has 2 aromatic carbocycles. The minimum absolute atomic E-state index is 0.213. The molecule has 28 heavy (non-hydrogen) atoms. The normalized spacial score (nSPS) is 17.7. The third kappa shape index (κ3) is 3.50. The van der Waals surface area contributed by atoms with Gasteiger partial charge < -0.3 is 5.32 Å². The van der Waals surface area contributed by atoms with Gasteiger partial charge >= 0.3 is 0 Å². The van der Waals surface area contributed by atoms with Crippen molar-refractivity contribution in [3.63, 3.8) is 0 Å². The number of rotatable bonds is 4. The highest BCUT2D eigenvalue weighted by Gasteiger charge is 2.39. The van der Waals surface area contributed by atoms with Gasteiger partial charge in [0.25, 0.3) is 0 Å². The Morgan fingerprint density at radius 3 is 2.68 bits per heavy atom. The number of carbonyl (C=O) groups is 1. The van der Waals surface area contributed by atoms with Crippen LogP contribution < -0.4 is 5.32 Å². The number of para-hydroxylation sites is 1. The molecule has 6 nitrogen and oxygen atoms in total. The zero-order valence-corrected chi connectivity index (χ0v) is 16.3. The van der Waals surface area contributed by atoms with Crippen LogP contribution >= 0.6 is 0 Å². The van der Waals surface area contributed by atoms with E-state index >= 15 is 0 Å². The summed E-state index contributed by atoms with van der Waals surface area (Å²) in [5.41, 5.74) is 2.38. The first-order valence-electron chi connectivity index (χ1n) is 9.19. The Morgan fingerprint density at radius 2 is 1.89 bits per heavy atom. The Morgan fingerprint density at radius 1 is 1.14 bits per heavy atom. The fourth-order valence-corrected chi connectivity index (χ4v) is 5.16. The van der Waals surface area contributed by atoms with Crippen LogP contribution in [0.15, 0.2) is 65.7 Å². The molecule has 1 aromatic heterocycles. The Hall–Kier alpha value is -2.77. The summed E-state index contributed by atoms with van der Waals surface area (Å²) in [5.74, 6) is -0.328.